The number of nitrogens with zero attached hydrogens (tertiary/aromatic N) is 2. The monoisotopic (exact) mass is 237 g/mol. The molecule has 2 atom stereocenters. The van der Waals surface area contributed by atoms with Crippen LogP contribution in [-0.2, 0) is 0 Å². The molecule has 2 unspecified atom stereocenters. The first-order valence-corrected chi connectivity index (χ1v) is 7.48. The summed E-state index contributed by atoms with van der Waals surface area (Å²) in [6, 6.07) is 1.58. The molecule has 0 aromatic rings. The lowest BCUT2D eigenvalue weighted by Gasteiger charge is -2.46. The lowest BCUT2D eigenvalue weighted by Crippen LogP contribution is -2.58. The maximum atomic E-state index is 3.98. The van der Waals surface area contributed by atoms with E-state index in [9.17, 15) is 0 Å². The fraction of sp³-hybridized carbons (Fsp3) is 1.00. The molecule has 2 bridgehead atoms. The molecule has 4 heterocycles. The van der Waals surface area contributed by atoms with Gasteiger partial charge in [0.25, 0.3) is 0 Å². The second kappa shape index (κ2) is 5.25. The minimum absolute atomic E-state index is 0.783. The van der Waals surface area contributed by atoms with Crippen molar-refractivity contribution >= 4 is 0 Å². The molecule has 0 spiro atoms. The van der Waals surface area contributed by atoms with Gasteiger partial charge in [0.1, 0.15) is 0 Å². The number of hydrogen-bond acceptors (Lipinski definition) is 3. The summed E-state index contributed by atoms with van der Waals surface area (Å²) in [5.41, 5.74) is 0. The van der Waals surface area contributed by atoms with Crippen molar-refractivity contribution in [3.63, 3.8) is 0 Å². The van der Waals surface area contributed by atoms with Crippen LogP contribution in [0.5, 0.6) is 0 Å². The van der Waals surface area contributed by atoms with Crippen LogP contribution in [0.3, 0.4) is 0 Å². The predicted molar refractivity (Wildman–Crippen MR) is 71.2 cm³/mol. The Kier molecular flexibility index (Phi) is 3.69. The second-order valence-electron chi connectivity index (χ2n) is 6.34. The lowest BCUT2D eigenvalue weighted by molar-refractivity contribution is 0.0659. The van der Waals surface area contributed by atoms with Crippen LogP contribution in [0, 0.1) is 5.92 Å². The van der Waals surface area contributed by atoms with Crippen molar-refractivity contribution in [3.8, 4) is 0 Å². The number of likely N-dealkylation sites (tertiary alicyclic amines) is 1. The molecule has 0 radical (unpaired) electrons. The van der Waals surface area contributed by atoms with E-state index in [0.717, 1.165) is 18.0 Å². The zero-order valence-electron chi connectivity index (χ0n) is 11.2. The number of hydrogen-bond donors (Lipinski definition) is 1. The van der Waals surface area contributed by atoms with Gasteiger partial charge in [-0.1, -0.05) is 0 Å². The van der Waals surface area contributed by atoms with Crippen molar-refractivity contribution in [2.45, 2.75) is 44.2 Å². The average Bonchev–Trinajstić information content (AvgIpc) is 2.56. The topological polar surface area (TPSA) is 18.5 Å². The quantitative estimate of drug-likeness (QED) is 0.777. The Labute approximate surface area is 106 Å². The molecule has 3 heteroatoms. The molecule has 17 heavy (non-hydrogen) atoms. The van der Waals surface area contributed by atoms with Gasteiger partial charge in [0.2, 0.25) is 0 Å². The van der Waals surface area contributed by atoms with Gasteiger partial charge >= 0.3 is 0 Å². The van der Waals surface area contributed by atoms with Crippen LogP contribution < -0.4 is 5.32 Å². The smallest absolute Gasteiger partial charge is 0.0226 e. The summed E-state index contributed by atoms with van der Waals surface area (Å²) in [5.74, 6) is 0.973. The molecule has 0 amide bonds. The summed E-state index contributed by atoms with van der Waals surface area (Å²) < 4.78 is 0. The van der Waals surface area contributed by atoms with Crippen LogP contribution in [0.25, 0.3) is 0 Å². The molecule has 3 nitrogen and oxygen atoms in total. The van der Waals surface area contributed by atoms with E-state index in [0.29, 0.717) is 0 Å². The second-order valence-corrected chi connectivity index (χ2v) is 6.34. The van der Waals surface area contributed by atoms with Crippen LogP contribution >= 0.6 is 0 Å². The normalized spacial score (nSPS) is 43.6. The summed E-state index contributed by atoms with van der Waals surface area (Å²) in [7, 11) is 2.26. The third-order valence-electron chi connectivity index (χ3n) is 5.06. The average molecular weight is 237 g/mol. The molecule has 98 valence electrons. The van der Waals surface area contributed by atoms with E-state index in [1.165, 1.54) is 64.8 Å². The highest BCUT2D eigenvalue weighted by Gasteiger charge is 2.34. The first-order valence-electron chi connectivity index (χ1n) is 7.48. The lowest BCUT2D eigenvalue weighted by atomic mass is 9.83. The van der Waals surface area contributed by atoms with Gasteiger partial charge in [-0.3, -0.25) is 0 Å². The Morgan fingerprint density at radius 2 is 1.76 bits per heavy atom. The number of nitrogens with one attached hydrogen (secondary N) is 1. The van der Waals surface area contributed by atoms with Gasteiger partial charge in [0, 0.05) is 18.6 Å². The molecule has 0 aromatic heterocycles. The van der Waals surface area contributed by atoms with Crippen molar-refractivity contribution in [2.75, 3.05) is 39.8 Å². The summed E-state index contributed by atoms with van der Waals surface area (Å²) in [4.78, 5) is 5.14. The van der Waals surface area contributed by atoms with Crippen LogP contribution in [0.1, 0.15) is 32.1 Å². The van der Waals surface area contributed by atoms with E-state index in [1.54, 1.807) is 0 Å². The van der Waals surface area contributed by atoms with E-state index in [-0.39, 0.29) is 0 Å². The van der Waals surface area contributed by atoms with Crippen LogP contribution in [0.2, 0.25) is 0 Å². The van der Waals surface area contributed by atoms with E-state index >= 15 is 0 Å². The minimum Gasteiger partial charge on any atom is -0.310 e. The Morgan fingerprint density at radius 1 is 0.941 bits per heavy atom. The van der Waals surface area contributed by atoms with Crippen LogP contribution in [0.15, 0.2) is 0 Å². The zero-order valence-corrected chi connectivity index (χ0v) is 11.2. The van der Waals surface area contributed by atoms with E-state index in [2.05, 4.69) is 22.2 Å². The molecule has 4 fully saturated rings. The minimum atomic E-state index is 0.783. The summed E-state index contributed by atoms with van der Waals surface area (Å²) in [5, 5.41) is 3.98. The third kappa shape index (κ3) is 2.83. The summed E-state index contributed by atoms with van der Waals surface area (Å²) in [6.07, 6.45) is 6.97. The third-order valence-corrected chi connectivity index (χ3v) is 5.06. The maximum absolute atomic E-state index is 3.98. The SMILES string of the molecule is CN1CCCC(NC2CN3CCC2CC3)CC1. The molecule has 4 aliphatic rings. The van der Waals surface area contributed by atoms with E-state index in [4.69, 9.17) is 0 Å². The Hall–Kier alpha value is -0.120. The van der Waals surface area contributed by atoms with Crippen LogP contribution in [0.4, 0.5) is 0 Å². The van der Waals surface area contributed by atoms with E-state index < -0.39 is 0 Å². The molecule has 1 N–H and O–H groups in total. The molecule has 0 aliphatic carbocycles. The standard InChI is InChI=1S/C14H27N3/c1-16-7-2-3-13(6-8-16)15-14-11-17-9-4-12(14)5-10-17/h12-15H,2-11H2,1H3. The van der Waals surface area contributed by atoms with Gasteiger partial charge in [-0.05, 0) is 71.2 Å². The van der Waals surface area contributed by atoms with Crippen molar-refractivity contribution < 1.29 is 0 Å². The van der Waals surface area contributed by atoms with E-state index in [1.807, 2.05) is 0 Å². The zero-order chi connectivity index (χ0) is 11.7. The van der Waals surface area contributed by atoms with Crippen molar-refractivity contribution in [3.05, 3.63) is 0 Å². The molecule has 4 rings (SSSR count). The van der Waals surface area contributed by atoms with Crippen LogP contribution in [-0.4, -0.2) is 61.7 Å². The van der Waals surface area contributed by atoms with Crippen molar-refractivity contribution in [1.82, 2.24) is 15.1 Å². The predicted octanol–water partition coefficient (Wildman–Crippen LogP) is 1.15. The fourth-order valence-electron chi connectivity index (χ4n) is 3.86. The molecular formula is C14H27N3. The van der Waals surface area contributed by atoms with Gasteiger partial charge in [0.05, 0.1) is 0 Å². The Morgan fingerprint density at radius 3 is 2.47 bits per heavy atom. The number of piperidine rings is 3. The Bertz CT molecular complexity index is 248. The van der Waals surface area contributed by atoms with Gasteiger partial charge in [-0.15, -0.1) is 0 Å². The van der Waals surface area contributed by atoms with Gasteiger partial charge < -0.3 is 15.1 Å². The molecule has 0 aromatic carbocycles. The highest BCUT2D eigenvalue weighted by molar-refractivity contribution is 4.92. The Balaban J connectivity index is 1.52. The largest absolute Gasteiger partial charge is 0.310 e. The van der Waals surface area contributed by atoms with Crippen molar-refractivity contribution in [2.24, 2.45) is 5.92 Å². The maximum Gasteiger partial charge on any atom is 0.0226 e. The molecular weight excluding hydrogens is 210 g/mol. The first kappa shape index (κ1) is 11.9. The highest BCUT2D eigenvalue weighted by atomic mass is 15.2. The first-order chi connectivity index (χ1) is 8.31. The van der Waals surface area contributed by atoms with Crippen molar-refractivity contribution in [1.29, 1.82) is 0 Å². The molecule has 4 saturated heterocycles. The molecule has 0 saturated carbocycles. The summed E-state index contributed by atoms with van der Waals surface area (Å²) in [6.45, 7) is 6.60. The number of fused-ring (bicyclic) bond motifs is 3. The highest BCUT2D eigenvalue weighted by Crippen LogP contribution is 2.28. The van der Waals surface area contributed by atoms with Gasteiger partial charge in [0.15, 0.2) is 0 Å². The molecule has 4 aliphatic heterocycles. The summed E-state index contributed by atoms with van der Waals surface area (Å²) >= 11 is 0. The number of rotatable bonds is 2. The van der Waals surface area contributed by atoms with Gasteiger partial charge in [-0.25, -0.2) is 0 Å². The fourth-order valence-corrected chi connectivity index (χ4v) is 3.86. The van der Waals surface area contributed by atoms with Gasteiger partial charge in [-0.2, -0.15) is 0 Å².